The summed E-state index contributed by atoms with van der Waals surface area (Å²) in [6.07, 6.45) is 0.612. The molecule has 0 bridgehead atoms. The fraction of sp³-hybridized carbons (Fsp3) is 0.364. The van der Waals surface area contributed by atoms with Crippen molar-refractivity contribution in [2.45, 2.75) is 12.5 Å². The number of ether oxygens (including phenoxy) is 1. The van der Waals surface area contributed by atoms with Crippen LogP contribution in [-0.2, 0) is 4.74 Å². The van der Waals surface area contributed by atoms with E-state index in [0.29, 0.717) is 36.7 Å². The minimum Gasteiger partial charge on any atom is -0.399 e. The fourth-order valence-electron chi connectivity index (χ4n) is 1.72. The number of aliphatic imine (C=N–C) groups is 1. The zero-order chi connectivity index (χ0) is 11.5. The van der Waals surface area contributed by atoms with E-state index < -0.39 is 0 Å². The van der Waals surface area contributed by atoms with Gasteiger partial charge in [0.1, 0.15) is 18.3 Å². The van der Waals surface area contributed by atoms with Gasteiger partial charge in [0.15, 0.2) is 0 Å². The maximum absolute atomic E-state index is 13.6. The molecule has 0 spiro atoms. The second kappa shape index (κ2) is 4.49. The van der Waals surface area contributed by atoms with E-state index in [1.54, 1.807) is 6.07 Å². The Kier molecular flexibility index (Phi) is 3.05. The Morgan fingerprint density at radius 1 is 1.38 bits per heavy atom. The van der Waals surface area contributed by atoms with Crippen LogP contribution in [0.15, 0.2) is 23.2 Å². The van der Waals surface area contributed by atoms with Crippen LogP contribution in [0.4, 0.5) is 10.1 Å². The first-order valence-electron chi connectivity index (χ1n) is 5.11. The van der Waals surface area contributed by atoms with Crippen molar-refractivity contribution in [2.24, 2.45) is 10.7 Å². The number of anilines is 1. The van der Waals surface area contributed by atoms with Crippen LogP contribution in [0.1, 0.15) is 18.0 Å². The summed E-state index contributed by atoms with van der Waals surface area (Å²) < 4.78 is 18.8. The van der Waals surface area contributed by atoms with Gasteiger partial charge in [0, 0.05) is 17.9 Å². The first kappa shape index (κ1) is 10.9. The lowest BCUT2D eigenvalue weighted by Gasteiger charge is -2.12. The molecule has 16 heavy (non-hydrogen) atoms. The second-order valence-electron chi connectivity index (χ2n) is 3.76. The van der Waals surface area contributed by atoms with Crippen LogP contribution in [0.2, 0.25) is 0 Å². The summed E-state index contributed by atoms with van der Waals surface area (Å²) in [6.45, 7) is 0.823. The molecule has 1 aromatic rings. The van der Waals surface area contributed by atoms with Crippen molar-refractivity contribution in [3.63, 3.8) is 0 Å². The van der Waals surface area contributed by atoms with Gasteiger partial charge in [-0.1, -0.05) is 0 Å². The molecule has 5 heteroatoms. The molecule has 0 aromatic heterocycles. The molecular formula is C11H14FN3O. The molecule has 1 unspecified atom stereocenters. The number of rotatable bonds is 1. The quantitative estimate of drug-likeness (QED) is 0.703. The van der Waals surface area contributed by atoms with Crippen molar-refractivity contribution < 1.29 is 9.13 Å². The fourth-order valence-corrected chi connectivity index (χ4v) is 1.72. The Morgan fingerprint density at radius 2 is 2.19 bits per heavy atom. The molecule has 2 rings (SSSR count). The number of nitrogen functional groups attached to an aromatic ring is 1. The van der Waals surface area contributed by atoms with Crippen molar-refractivity contribution >= 4 is 11.5 Å². The van der Waals surface area contributed by atoms with Crippen LogP contribution >= 0.6 is 0 Å². The number of benzene rings is 1. The highest BCUT2D eigenvalue weighted by Gasteiger charge is 2.18. The van der Waals surface area contributed by atoms with E-state index in [4.69, 9.17) is 16.2 Å². The smallest absolute Gasteiger partial charge is 0.128 e. The summed E-state index contributed by atoms with van der Waals surface area (Å²) >= 11 is 0. The molecule has 0 aliphatic carbocycles. The van der Waals surface area contributed by atoms with Gasteiger partial charge in [-0.25, -0.2) is 4.39 Å². The predicted octanol–water partition coefficient (Wildman–Crippen LogP) is 1.23. The van der Waals surface area contributed by atoms with Crippen molar-refractivity contribution in [3.8, 4) is 0 Å². The molecule has 0 saturated heterocycles. The number of amidine groups is 1. The lowest BCUT2D eigenvalue weighted by Crippen LogP contribution is -2.17. The average molecular weight is 223 g/mol. The van der Waals surface area contributed by atoms with E-state index in [9.17, 15) is 4.39 Å². The van der Waals surface area contributed by atoms with Gasteiger partial charge in [0.2, 0.25) is 0 Å². The van der Waals surface area contributed by atoms with Gasteiger partial charge in [0.05, 0.1) is 6.04 Å². The van der Waals surface area contributed by atoms with Crippen molar-refractivity contribution in [1.29, 1.82) is 0 Å². The molecule has 1 atom stereocenters. The lowest BCUT2D eigenvalue weighted by atomic mass is 10.0. The average Bonchev–Trinajstić information content (AvgIpc) is 2.46. The SMILES string of the molecule is NC1=NC(c2cc(N)ccc2F)CCOC1. The summed E-state index contributed by atoms with van der Waals surface area (Å²) in [7, 11) is 0. The molecular weight excluding hydrogens is 209 g/mol. The topological polar surface area (TPSA) is 73.6 Å². The third-order valence-electron chi connectivity index (χ3n) is 2.49. The Hall–Kier alpha value is -1.62. The van der Waals surface area contributed by atoms with Crippen molar-refractivity contribution in [1.82, 2.24) is 0 Å². The first-order valence-corrected chi connectivity index (χ1v) is 5.11. The van der Waals surface area contributed by atoms with Gasteiger partial charge in [-0.3, -0.25) is 4.99 Å². The third-order valence-corrected chi connectivity index (χ3v) is 2.49. The van der Waals surface area contributed by atoms with Gasteiger partial charge >= 0.3 is 0 Å². The number of hydrogen-bond acceptors (Lipinski definition) is 4. The minimum atomic E-state index is -0.308. The van der Waals surface area contributed by atoms with Gasteiger partial charge in [-0.05, 0) is 24.6 Å². The van der Waals surface area contributed by atoms with E-state index in [1.165, 1.54) is 12.1 Å². The van der Waals surface area contributed by atoms with Crippen molar-refractivity contribution in [3.05, 3.63) is 29.6 Å². The molecule has 4 N–H and O–H groups in total. The molecule has 0 fully saturated rings. The number of nitrogens with zero attached hydrogens (tertiary/aromatic N) is 1. The van der Waals surface area contributed by atoms with Crippen LogP contribution < -0.4 is 11.5 Å². The molecule has 1 aliphatic rings. The zero-order valence-electron chi connectivity index (χ0n) is 8.82. The van der Waals surface area contributed by atoms with Crippen LogP contribution in [0, 0.1) is 5.82 Å². The Morgan fingerprint density at radius 3 is 3.00 bits per heavy atom. The van der Waals surface area contributed by atoms with Crippen LogP contribution in [0.25, 0.3) is 0 Å². The Balaban J connectivity index is 2.34. The Labute approximate surface area is 93.1 Å². The van der Waals surface area contributed by atoms with Gasteiger partial charge in [0.25, 0.3) is 0 Å². The zero-order valence-corrected chi connectivity index (χ0v) is 8.82. The van der Waals surface area contributed by atoms with Crippen molar-refractivity contribution in [2.75, 3.05) is 18.9 Å². The highest BCUT2D eigenvalue weighted by atomic mass is 19.1. The number of nitrogens with two attached hydrogens (primary N) is 2. The minimum absolute atomic E-state index is 0.300. The molecule has 0 radical (unpaired) electrons. The lowest BCUT2D eigenvalue weighted by molar-refractivity contribution is 0.169. The number of hydrogen-bond donors (Lipinski definition) is 2. The molecule has 1 aromatic carbocycles. The molecule has 4 nitrogen and oxygen atoms in total. The van der Waals surface area contributed by atoms with Gasteiger partial charge in [-0.2, -0.15) is 0 Å². The van der Waals surface area contributed by atoms with Crippen LogP contribution in [-0.4, -0.2) is 19.0 Å². The highest BCUT2D eigenvalue weighted by Crippen LogP contribution is 2.27. The molecule has 1 aliphatic heterocycles. The van der Waals surface area contributed by atoms with Gasteiger partial charge < -0.3 is 16.2 Å². The van der Waals surface area contributed by atoms with Crippen LogP contribution in [0.3, 0.4) is 0 Å². The van der Waals surface area contributed by atoms with Crippen LogP contribution in [0.5, 0.6) is 0 Å². The highest BCUT2D eigenvalue weighted by molar-refractivity contribution is 5.82. The normalized spacial score (nSPS) is 21.3. The van der Waals surface area contributed by atoms with E-state index in [1.807, 2.05) is 0 Å². The summed E-state index contributed by atoms with van der Waals surface area (Å²) in [4.78, 5) is 4.22. The van der Waals surface area contributed by atoms with E-state index in [-0.39, 0.29) is 11.9 Å². The Bertz CT molecular complexity index is 420. The standard InChI is InChI=1S/C11H14FN3O/c12-9-2-1-7(13)5-8(9)10-3-4-16-6-11(14)15-10/h1-2,5,10H,3-4,6,13H2,(H2,14,15). The monoisotopic (exact) mass is 223 g/mol. The predicted molar refractivity (Wildman–Crippen MR) is 60.6 cm³/mol. The van der Waals surface area contributed by atoms with E-state index >= 15 is 0 Å². The molecule has 1 heterocycles. The summed E-state index contributed by atoms with van der Waals surface area (Å²) in [5.41, 5.74) is 12.3. The largest absolute Gasteiger partial charge is 0.399 e. The third kappa shape index (κ3) is 2.30. The molecule has 86 valence electrons. The maximum atomic E-state index is 13.6. The second-order valence-corrected chi connectivity index (χ2v) is 3.76. The summed E-state index contributed by atoms with van der Waals surface area (Å²) in [5.74, 6) is 0.0852. The summed E-state index contributed by atoms with van der Waals surface area (Å²) in [5, 5.41) is 0. The van der Waals surface area contributed by atoms with E-state index in [0.717, 1.165) is 0 Å². The van der Waals surface area contributed by atoms with Gasteiger partial charge in [-0.15, -0.1) is 0 Å². The molecule has 0 saturated carbocycles. The molecule has 0 amide bonds. The van der Waals surface area contributed by atoms with E-state index in [2.05, 4.69) is 4.99 Å². The number of halogens is 1. The summed E-state index contributed by atoms with van der Waals surface area (Å²) in [6, 6.07) is 4.18. The maximum Gasteiger partial charge on any atom is 0.128 e. The first-order chi connectivity index (χ1) is 7.66.